The van der Waals surface area contributed by atoms with Crippen molar-refractivity contribution in [2.24, 2.45) is 0 Å². The smallest absolute Gasteiger partial charge is 0.276 e. The summed E-state index contributed by atoms with van der Waals surface area (Å²) in [5.41, 5.74) is 1.12. The number of sulfonamides is 1. The molecule has 0 bridgehead atoms. The number of rotatable bonds is 5. The first-order valence-corrected chi connectivity index (χ1v) is 10.7. The van der Waals surface area contributed by atoms with Crippen molar-refractivity contribution in [2.45, 2.75) is 24.7 Å². The first-order valence-electron chi connectivity index (χ1n) is 9.18. The fourth-order valence-electron chi connectivity index (χ4n) is 3.32. The molecule has 0 radical (unpaired) electrons. The molecular weight excluding hydrogens is 394 g/mol. The predicted molar refractivity (Wildman–Crippen MR) is 106 cm³/mol. The number of carbonyl (C=O) groups excluding carboxylic acids is 2. The average Bonchev–Trinajstić information content (AvgIpc) is 3.37. The minimum atomic E-state index is -3.94. The Kier molecular flexibility index (Phi) is 4.83. The minimum absolute atomic E-state index is 0.0306. The number of Topliss-reactive ketones (excluding diaryl/α,β-unsaturated/α-hetero) is 1. The van der Waals surface area contributed by atoms with Crippen LogP contribution >= 0.6 is 0 Å². The second-order valence-electron chi connectivity index (χ2n) is 6.93. The molecule has 1 N–H and O–H groups in total. The fraction of sp³-hybridized carbons (Fsp3) is 0.250. The zero-order valence-corrected chi connectivity index (χ0v) is 16.5. The van der Waals surface area contributed by atoms with Crippen LogP contribution in [0, 0.1) is 0 Å². The number of anilines is 1. The lowest BCUT2D eigenvalue weighted by Crippen LogP contribution is -2.28. The lowest BCUT2D eigenvalue weighted by atomic mass is 10.1. The number of benzene rings is 2. The Balaban J connectivity index is 1.68. The minimum Gasteiger partial charge on any atom is -0.355 e. The maximum absolute atomic E-state index is 12.8. The van der Waals surface area contributed by atoms with Crippen molar-refractivity contribution in [3.63, 3.8) is 0 Å². The summed E-state index contributed by atoms with van der Waals surface area (Å²) in [5.74, 6) is -0.431. The molecule has 1 saturated heterocycles. The molecule has 3 aromatic rings. The van der Waals surface area contributed by atoms with Crippen molar-refractivity contribution in [1.29, 1.82) is 0 Å². The molecule has 1 amide bonds. The number of nitrogens with zero attached hydrogens (tertiary/aromatic N) is 2. The summed E-state index contributed by atoms with van der Waals surface area (Å²) in [4.78, 5) is 25.9. The highest BCUT2D eigenvalue weighted by Crippen LogP contribution is 2.26. The van der Waals surface area contributed by atoms with Gasteiger partial charge in [0.2, 0.25) is 0 Å². The van der Waals surface area contributed by atoms with Crippen molar-refractivity contribution < 1.29 is 22.5 Å². The van der Waals surface area contributed by atoms with Crippen molar-refractivity contribution in [3.8, 4) is 0 Å². The quantitative estimate of drug-likeness (QED) is 0.644. The Labute approximate surface area is 167 Å². The van der Waals surface area contributed by atoms with Crippen LogP contribution in [0.5, 0.6) is 0 Å². The molecule has 1 fully saturated rings. The molecule has 0 unspecified atom stereocenters. The molecule has 0 atom stereocenters. The van der Waals surface area contributed by atoms with Gasteiger partial charge in [-0.25, -0.2) is 8.42 Å². The zero-order valence-electron chi connectivity index (χ0n) is 15.7. The number of carbonyl (C=O) groups is 2. The van der Waals surface area contributed by atoms with Gasteiger partial charge in [0.15, 0.2) is 17.1 Å². The standard InChI is InChI=1S/C20H19N3O5S/c1-13(24)14-5-4-6-15(11-14)22-29(26,27)16-7-8-18-17(12-16)19(21-28-18)20(25)23-9-2-3-10-23/h4-8,11-12,22H,2-3,9-10H2,1H3. The van der Waals surface area contributed by atoms with E-state index in [0.29, 0.717) is 29.6 Å². The maximum atomic E-state index is 12.8. The van der Waals surface area contributed by atoms with E-state index in [4.69, 9.17) is 4.52 Å². The number of aromatic nitrogens is 1. The van der Waals surface area contributed by atoms with Gasteiger partial charge < -0.3 is 9.42 Å². The maximum Gasteiger partial charge on any atom is 0.276 e. The summed E-state index contributed by atoms with van der Waals surface area (Å²) in [6.45, 7) is 2.71. The van der Waals surface area contributed by atoms with E-state index in [9.17, 15) is 18.0 Å². The van der Waals surface area contributed by atoms with E-state index >= 15 is 0 Å². The van der Waals surface area contributed by atoms with Gasteiger partial charge in [-0.2, -0.15) is 0 Å². The van der Waals surface area contributed by atoms with Gasteiger partial charge in [-0.05, 0) is 50.1 Å². The second kappa shape index (κ2) is 7.32. The number of fused-ring (bicyclic) bond motifs is 1. The Hall–Kier alpha value is -3.20. The van der Waals surface area contributed by atoms with E-state index < -0.39 is 10.0 Å². The number of hydrogen-bond donors (Lipinski definition) is 1. The van der Waals surface area contributed by atoms with Gasteiger partial charge in [-0.1, -0.05) is 17.3 Å². The highest BCUT2D eigenvalue weighted by Gasteiger charge is 2.26. The van der Waals surface area contributed by atoms with Gasteiger partial charge in [0, 0.05) is 24.3 Å². The lowest BCUT2D eigenvalue weighted by Gasteiger charge is -2.13. The molecule has 0 aliphatic carbocycles. The van der Waals surface area contributed by atoms with E-state index in [2.05, 4.69) is 9.88 Å². The first kappa shape index (κ1) is 19.1. The van der Waals surface area contributed by atoms with Gasteiger partial charge in [-0.15, -0.1) is 0 Å². The van der Waals surface area contributed by atoms with Gasteiger partial charge in [0.1, 0.15) is 0 Å². The third-order valence-electron chi connectivity index (χ3n) is 4.87. The molecule has 1 aliphatic heterocycles. The largest absolute Gasteiger partial charge is 0.355 e. The highest BCUT2D eigenvalue weighted by molar-refractivity contribution is 7.92. The van der Waals surface area contributed by atoms with E-state index in [1.807, 2.05) is 0 Å². The van der Waals surface area contributed by atoms with Crippen molar-refractivity contribution in [2.75, 3.05) is 17.8 Å². The normalized spacial score (nSPS) is 14.3. The number of amides is 1. The molecule has 150 valence electrons. The Bertz CT molecular complexity index is 1210. The molecule has 4 rings (SSSR count). The highest BCUT2D eigenvalue weighted by atomic mass is 32.2. The Morgan fingerprint density at radius 2 is 1.86 bits per heavy atom. The van der Waals surface area contributed by atoms with Crippen LogP contribution in [0.1, 0.15) is 40.6 Å². The summed E-state index contributed by atoms with van der Waals surface area (Å²) in [7, 11) is -3.94. The summed E-state index contributed by atoms with van der Waals surface area (Å²) in [6.07, 6.45) is 1.87. The summed E-state index contributed by atoms with van der Waals surface area (Å²) < 4.78 is 33.4. The monoisotopic (exact) mass is 413 g/mol. The molecule has 9 heteroatoms. The van der Waals surface area contributed by atoms with Crippen LogP contribution in [0.3, 0.4) is 0 Å². The SMILES string of the molecule is CC(=O)c1cccc(NS(=O)(=O)c2ccc3onc(C(=O)N4CCCC4)c3c2)c1. The molecular formula is C20H19N3O5S. The van der Waals surface area contributed by atoms with Gasteiger partial charge in [-0.3, -0.25) is 14.3 Å². The summed E-state index contributed by atoms with van der Waals surface area (Å²) in [6, 6.07) is 10.5. The number of likely N-dealkylation sites (tertiary alicyclic amines) is 1. The molecule has 29 heavy (non-hydrogen) atoms. The molecule has 2 heterocycles. The van der Waals surface area contributed by atoms with E-state index in [1.54, 1.807) is 23.1 Å². The van der Waals surface area contributed by atoms with Crippen LogP contribution in [0.4, 0.5) is 5.69 Å². The van der Waals surface area contributed by atoms with Crippen LogP contribution in [-0.4, -0.2) is 43.3 Å². The van der Waals surface area contributed by atoms with Crippen LogP contribution in [0.25, 0.3) is 11.0 Å². The van der Waals surface area contributed by atoms with Gasteiger partial charge in [0.05, 0.1) is 10.3 Å². The molecule has 0 spiro atoms. The van der Waals surface area contributed by atoms with Crippen LogP contribution in [0.2, 0.25) is 0 Å². The second-order valence-corrected chi connectivity index (χ2v) is 8.61. The fourth-order valence-corrected chi connectivity index (χ4v) is 4.40. The van der Waals surface area contributed by atoms with Crippen molar-refractivity contribution in [3.05, 3.63) is 53.7 Å². The van der Waals surface area contributed by atoms with E-state index in [0.717, 1.165) is 12.8 Å². The molecule has 1 aliphatic rings. The summed E-state index contributed by atoms with van der Waals surface area (Å²) in [5, 5.41) is 4.21. The molecule has 2 aromatic carbocycles. The van der Waals surface area contributed by atoms with Crippen LogP contribution in [-0.2, 0) is 10.0 Å². The van der Waals surface area contributed by atoms with Gasteiger partial charge in [0.25, 0.3) is 15.9 Å². The lowest BCUT2D eigenvalue weighted by molar-refractivity contribution is 0.0784. The van der Waals surface area contributed by atoms with Crippen molar-refractivity contribution in [1.82, 2.24) is 10.1 Å². The zero-order chi connectivity index (χ0) is 20.6. The van der Waals surface area contributed by atoms with Crippen molar-refractivity contribution >= 4 is 38.4 Å². The average molecular weight is 413 g/mol. The topological polar surface area (TPSA) is 110 Å². The van der Waals surface area contributed by atoms with Gasteiger partial charge >= 0.3 is 0 Å². The number of nitrogens with one attached hydrogen (secondary N) is 1. The predicted octanol–water partition coefficient (Wildman–Crippen LogP) is 3.07. The van der Waals surface area contributed by atoms with Crippen LogP contribution in [0.15, 0.2) is 51.9 Å². The number of hydrogen-bond acceptors (Lipinski definition) is 6. The first-order chi connectivity index (χ1) is 13.8. The molecule has 1 aromatic heterocycles. The van der Waals surface area contributed by atoms with E-state index in [1.165, 1.54) is 31.2 Å². The third-order valence-corrected chi connectivity index (χ3v) is 6.25. The Morgan fingerprint density at radius 1 is 1.10 bits per heavy atom. The van der Waals surface area contributed by atoms with Crippen LogP contribution < -0.4 is 4.72 Å². The number of ketones is 1. The molecule has 8 nitrogen and oxygen atoms in total. The third kappa shape index (κ3) is 3.73. The summed E-state index contributed by atoms with van der Waals surface area (Å²) >= 11 is 0. The van der Waals surface area contributed by atoms with E-state index in [-0.39, 0.29) is 28.0 Å². The molecule has 0 saturated carbocycles. The Morgan fingerprint density at radius 3 is 2.59 bits per heavy atom.